The second kappa shape index (κ2) is 14.0. The second-order valence-electron chi connectivity index (χ2n) is 13.2. The summed E-state index contributed by atoms with van der Waals surface area (Å²) in [4.78, 5) is 25.5. The van der Waals surface area contributed by atoms with Crippen LogP contribution >= 0.6 is 11.3 Å². The van der Waals surface area contributed by atoms with E-state index in [1.165, 1.54) is 10.1 Å². The maximum Gasteiger partial charge on any atom is 0.165 e. The van der Waals surface area contributed by atoms with Gasteiger partial charge >= 0.3 is 0 Å². The Kier molecular flexibility index (Phi) is 8.28. The minimum absolute atomic E-state index is 0.643. The van der Waals surface area contributed by atoms with Crippen molar-refractivity contribution in [1.29, 1.82) is 0 Å². The van der Waals surface area contributed by atoms with E-state index in [1.807, 2.05) is 97.1 Å². The van der Waals surface area contributed by atoms with Crippen LogP contribution in [-0.2, 0) is 0 Å². The maximum atomic E-state index is 5.20. The van der Waals surface area contributed by atoms with E-state index in [2.05, 4.69) is 91.0 Å². The molecule has 55 heavy (non-hydrogen) atoms. The van der Waals surface area contributed by atoms with E-state index < -0.39 is 0 Å². The molecule has 10 aromatic rings. The Bertz CT molecular complexity index is 2850. The zero-order valence-corrected chi connectivity index (χ0v) is 30.4. The van der Waals surface area contributed by atoms with Crippen molar-refractivity contribution in [2.75, 3.05) is 0 Å². The largest absolute Gasteiger partial charge is 0.228 e. The van der Waals surface area contributed by atoms with Gasteiger partial charge in [-0.1, -0.05) is 170 Å². The molecule has 0 saturated heterocycles. The van der Waals surface area contributed by atoms with Gasteiger partial charge < -0.3 is 0 Å². The minimum Gasteiger partial charge on any atom is -0.228 e. The van der Waals surface area contributed by atoms with Crippen molar-refractivity contribution < 1.29 is 0 Å². The van der Waals surface area contributed by atoms with Crippen LogP contribution in [-0.4, -0.2) is 24.9 Å². The molecule has 0 fully saturated rings. The molecule has 0 radical (unpaired) electrons. The number of rotatable bonds is 7. The molecule has 0 spiro atoms. The molecule has 0 bridgehead atoms. The van der Waals surface area contributed by atoms with Gasteiger partial charge in [0.15, 0.2) is 23.3 Å². The lowest BCUT2D eigenvalue weighted by molar-refractivity contribution is 1.08. The van der Waals surface area contributed by atoms with E-state index in [9.17, 15) is 0 Å². The Hall–Kier alpha value is -7.15. The van der Waals surface area contributed by atoms with Gasteiger partial charge in [0.25, 0.3) is 0 Å². The first-order chi connectivity index (χ1) is 27.3. The summed E-state index contributed by atoms with van der Waals surface area (Å²) in [5.41, 5.74) is 9.87. The molecule has 10 rings (SSSR count). The third-order valence-electron chi connectivity index (χ3n) is 9.79. The van der Waals surface area contributed by atoms with Crippen LogP contribution in [0.1, 0.15) is 0 Å². The fourth-order valence-corrected chi connectivity index (χ4v) is 8.41. The lowest BCUT2D eigenvalue weighted by atomic mass is 9.94. The van der Waals surface area contributed by atoms with Gasteiger partial charge in [0.1, 0.15) is 0 Å². The summed E-state index contributed by atoms with van der Waals surface area (Å²) < 4.78 is 2.31. The summed E-state index contributed by atoms with van der Waals surface area (Å²) in [6.07, 6.45) is 0. The van der Waals surface area contributed by atoms with Gasteiger partial charge in [-0.15, -0.1) is 11.3 Å². The van der Waals surface area contributed by atoms with Crippen LogP contribution in [0, 0.1) is 0 Å². The standard InChI is InChI=1S/C49H31N5S/c1-5-17-32(18-6-1)41-31-42(33-19-7-2-8-20-33)51-48(50-41)38-26-14-13-25-36(38)37-27-16-30-43-44(37)39-28-15-29-40(45(39)55-43)49-53-46(34-21-9-3-10-22-34)52-47(54-49)35-23-11-4-12-24-35/h1-31H. The molecule has 5 nitrogen and oxygen atoms in total. The van der Waals surface area contributed by atoms with Gasteiger partial charge in [-0.3, -0.25) is 0 Å². The number of nitrogens with zero attached hydrogens (tertiary/aromatic N) is 5. The number of thiophene rings is 1. The average molecular weight is 722 g/mol. The number of fused-ring (bicyclic) bond motifs is 3. The van der Waals surface area contributed by atoms with E-state index in [4.69, 9.17) is 24.9 Å². The summed E-state index contributed by atoms with van der Waals surface area (Å²) >= 11 is 1.76. The molecular weight excluding hydrogens is 691 g/mol. The van der Waals surface area contributed by atoms with Crippen LogP contribution in [0.4, 0.5) is 0 Å². The quantitative estimate of drug-likeness (QED) is 0.164. The number of aromatic nitrogens is 5. The average Bonchev–Trinajstić information content (AvgIpc) is 3.67. The van der Waals surface area contributed by atoms with Crippen molar-refractivity contribution >= 4 is 31.5 Å². The van der Waals surface area contributed by atoms with Gasteiger partial charge in [-0.25, -0.2) is 24.9 Å². The normalized spacial score (nSPS) is 11.3. The monoisotopic (exact) mass is 721 g/mol. The van der Waals surface area contributed by atoms with Crippen molar-refractivity contribution in [2.24, 2.45) is 0 Å². The van der Waals surface area contributed by atoms with Crippen LogP contribution in [0.5, 0.6) is 0 Å². The third kappa shape index (κ3) is 6.14. The number of benzene rings is 7. The summed E-state index contributed by atoms with van der Waals surface area (Å²) in [5, 5.41) is 2.33. The molecule has 0 aliphatic carbocycles. The predicted molar refractivity (Wildman–Crippen MR) is 226 cm³/mol. The number of hydrogen-bond acceptors (Lipinski definition) is 6. The Labute approximate surface area is 322 Å². The van der Waals surface area contributed by atoms with Crippen LogP contribution < -0.4 is 0 Å². The van der Waals surface area contributed by atoms with Gasteiger partial charge in [0.2, 0.25) is 0 Å². The fraction of sp³-hybridized carbons (Fsp3) is 0. The van der Waals surface area contributed by atoms with Gasteiger partial charge in [0.05, 0.1) is 11.4 Å². The highest BCUT2D eigenvalue weighted by atomic mass is 32.1. The van der Waals surface area contributed by atoms with Crippen LogP contribution in [0.15, 0.2) is 188 Å². The molecule has 0 unspecified atom stereocenters. The van der Waals surface area contributed by atoms with Crippen LogP contribution in [0.25, 0.3) is 99.4 Å². The summed E-state index contributed by atoms with van der Waals surface area (Å²) in [6, 6.07) is 64.4. The zero-order valence-electron chi connectivity index (χ0n) is 29.5. The number of hydrogen-bond donors (Lipinski definition) is 0. The van der Waals surface area contributed by atoms with E-state index in [0.717, 1.165) is 66.0 Å². The molecule has 0 amide bonds. The minimum atomic E-state index is 0.643. The molecule has 0 aliphatic heterocycles. The highest BCUT2D eigenvalue weighted by Crippen LogP contribution is 2.45. The van der Waals surface area contributed by atoms with Crippen molar-refractivity contribution in [1.82, 2.24) is 24.9 Å². The molecule has 3 aromatic heterocycles. The molecule has 0 atom stereocenters. The molecule has 6 heteroatoms. The molecule has 3 heterocycles. The maximum absolute atomic E-state index is 5.20. The second-order valence-corrected chi connectivity index (χ2v) is 14.3. The van der Waals surface area contributed by atoms with Crippen LogP contribution in [0.3, 0.4) is 0 Å². The van der Waals surface area contributed by atoms with Crippen molar-refractivity contribution in [3.63, 3.8) is 0 Å². The fourth-order valence-electron chi connectivity index (χ4n) is 7.17. The van der Waals surface area contributed by atoms with Crippen LogP contribution in [0.2, 0.25) is 0 Å². The Morgan fingerprint density at radius 3 is 1.33 bits per heavy atom. The molecule has 7 aromatic carbocycles. The first-order valence-corrected chi connectivity index (χ1v) is 19.0. The summed E-state index contributed by atoms with van der Waals surface area (Å²) in [5.74, 6) is 2.61. The SMILES string of the molecule is c1ccc(-c2cc(-c3ccccc3)nc(-c3ccccc3-c3cccc4sc5c(-c6nc(-c7ccccc7)nc(-c7ccccc7)n6)cccc5c34)n2)cc1. The third-order valence-corrected chi connectivity index (χ3v) is 11.0. The molecule has 258 valence electrons. The lowest BCUT2D eigenvalue weighted by Crippen LogP contribution is -2.00. The molecule has 0 N–H and O–H groups in total. The van der Waals surface area contributed by atoms with Crippen molar-refractivity contribution in [3.05, 3.63) is 188 Å². The highest BCUT2D eigenvalue weighted by molar-refractivity contribution is 7.26. The Balaban J connectivity index is 1.16. The summed E-state index contributed by atoms with van der Waals surface area (Å²) in [6.45, 7) is 0. The van der Waals surface area contributed by atoms with Gasteiger partial charge in [0, 0.05) is 53.6 Å². The van der Waals surface area contributed by atoms with E-state index in [0.29, 0.717) is 23.3 Å². The topological polar surface area (TPSA) is 64.5 Å². The van der Waals surface area contributed by atoms with Crippen molar-refractivity contribution in [3.8, 4) is 79.2 Å². The van der Waals surface area contributed by atoms with E-state index >= 15 is 0 Å². The van der Waals surface area contributed by atoms with Crippen molar-refractivity contribution in [2.45, 2.75) is 0 Å². The van der Waals surface area contributed by atoms with E-state index in [-0.39, 0.29) is 0 Å². The van der Waals surface area contributed by atoms with Gasteiger partial charge in [-0.05, 0) is 29.3 Å². The first-order valence-electron chi connectivity index (χ1n) is 18.2. The Morgan fingerprint density at radius 2 is 0.745 bits per heavy atom. The summed E-state index contributed by atoms with van der Waals surface area (Å²) in [7, 11) is 0. The first kappa shape index (κ1) is 32.5. The molecular formula is C49H31N5S. The van der Waals surface area contributed by atoms with Gasteiger partial charge in [-0.2, -0.15) is 0 Å². The predicted octanol–water partition coefficient (Wildman–Crippen LogP) is 12.7. The Morgan fingerprint density at radius 1 is 0.309 bits per heavy atom. The smallest absolute Gasteiger partial charge is 0.165 e. The van der Waals surface area contributed by atoms with E-state index in [1.54, 1.807) is 11.3 Å². The zero-order chi connectivity index (χ0) is 36.6. The highest BCUT2D eigenvalue weighted by Gasteiger charge is 2.20. The molecule has 0 aliphatic rings. The molecule has 0 saturated carbocycles. The lowest BCUT2D eigenvalue weighted by Gasteiger charge is -2.13.